The minimum atomic E-state index is 1.08. The van der Waals surface area contributed by atoms with Crippen molar-refractivity contribution in [1.82, 2.24) is 9.97 Å². The summed E-state index contributed by atoms with van der Waals surface area (Å²) in [5.74, 6) is 0. The Morgan fingerprint density at radius 2 is 0.654 bits per heavy atom. The van der Waals surface area contributed by atoms with Crippen LogP contribution >= 0.6 is 23.5 Å². The van der Waals surface area contributed by atoms with Gasteiger partial charge in [-0.3, -0.25) is 9.97 Å². The van der Waals surface area contributed by atoms with Crippen LogP contribution in [0.25, 0.3) is 33.4 Å². The molecule has 0 unspecified atom stereocenters. The highest BCUT2D eigenvalue weighted by Crippen LogP contribution is 2.53. The van der Waals surface area contributed by atoms with Crippen LogP contribution in [-0.2, 0) is 0 Å². The van der Waals surface area contributed by atoms with Gasteiger partial charge in [0.2, 0.25) is 0 Å². The number of benzene rings is 6. The molecule has 2 aliphatic heterocycles. The third-order valence-electron chi connectivity index (χ3n) is 9.67. The van der Waals surface area contributed by atoms with E-state index in [4.69, 9.17) is 0 Å². The minimum absolute atomic E-state index is 1.08. The van der Waals surface area contributed by atoms with E-state index >= 15 is 0 Å². The molecule has 6 aromatic carbocycles. The molecule has 0 fully saturated rings. The Bertz CT molecular complexity index is 2330. The molecule has 0 bridgehead atoms. The van der Waals surface area contributed by atoms with Crippen molar-refractivity contribution in [2.75, 3.05) is 9.80 Å². The van der Waals surface area contributed by atoms with Gasteiger partial charge in [0, 0.05) is 66.9 Å². The first kappa shape index (κ1) is 30.7. The van der Waals surface area contributed by atoms with Gasteiger partial charge in [0.25, 0.3) is 0 Å². The number of aromatic nitrogens is 2. The Labute approximate surface area is 311 Å². The molecule has 4 nitrogen and oxygen atoms in total. The Morgan fingerprint density at radius 1 is 0.327 bits per heavy atom. The fourth-order valence-corrected chi connectivity index (χ4v) is 9.38. The molecule has 2 aromatic heterocycles. The maximum absolute atomic E-state index is 4.59. The summed E-state index contributed by atoms with van der Waals surface area (Å²) in [4.78, 5) is 18.9. The quantitative estimate of drug-likeness (QED) is 0.178. The zero-order valence-electron chi connectivity index (χ0n) is 27.9. The van der Waals surface area contributed by atoms with Crippen LogP contribution in [0.5, 0.6) is 0 Å². The first-order valence-electron chi connectivity index (χ1n) is 17.2. The van der Waals surface area contributed by atoms with Gasteiger partial charge in [-0.15, -0.1) is 0 Å². The van der Waals surface area contributed by atoms with Crippen molar-refractivity contribution in [3.63, 3.8) is 0 Å². The number of hydrogen-bond acceptors (Lipinski definition) is 6. The third-order valence-corrected chi connectivity index (χ3v) is 11.9. The fourth-order valence-electron chi connectivity index (χ4n) is 7.26. The first-order chi connectivity index (χ1) is 25.8. The van der Waals surface area contributed by atoms with Crippen molar-refractivity contribution < 1.29 is 0 Å². The molecule has 246 valence electrons. The van der Waals surface area contributed by atoms with Gasteiger partial charge in [-0.1, -0.05) is 96.3 Å². The zero-order chi connectivity index (χ0) is 34.4. The first-order valence-corrected chi connectivity index (χ1v) is 18.8. The molecule has 0 N–H and O–H groups in total. The second kappa shape index (κ2) is 12.9. The molecule has 6 heteroatoms. The molecule has 0 spiro atoms. The molecular weight excluding hydrogens is 673 g/mol. The summed E-state index contributed by atoms with van der Waals surface area (Å²) in [6.45, 7) is 0. The van der Waals surface area contributed by atoms with Crippen LogP contribution in [0.1, 0.15) is 0 Å². The summed E-state index contributed by atoms with van der Waals surface area (Å²) in [5, 5.41) is 0. The lowest BCUT2D eigenvalue weighted by atomic mass is 9.91. The van der Waals surface area contributed by atoms with Gasteiger partial charge in [-0.2, -0.15) is 0 Å². The standard InChI is InChI=1S/C46H30N4S2/c1-5-13-43-39(9-1)49(40-10-2-6-14-44(40)51-43)33-21-17-31(18-22-33)37-29-47-27-25-35(37)36-26-28-48-30-38(36)32-19-23-34(24-20-32)50-41-11-3-7-15-45(41)52-46-16-8-4-12-42(46)50/h1-30H. The summed E-state index contributed by atoms with van der Waals surface area (Å²) in [6, 6.07) is 56.4. The lowest BCUT2D eigenvalue weighted by molar-refractivity contribution is 1.17. The van der Waals surface area contributed by atoms with Crippen molar-refractivity contribution in [2.45, 2.75) is 19.6 Å². The highest BCUT2D eigenvalue weighted by molar-refractivity contribution is 8.00. The Morgan fingerprint density at radius 3 is 1.00 bits per heavy atom. The summed E-state index contributed by atoms with van der Waals surface area (Å²) >= 11 is 3.65. The highest BCUT2D eigenvalue weighted by Gasteiger charge is 2.26. The van der Waals surface area contributed by atoms with Gasteiger partial charge in [-0.05, 0) is 107 Å². The van der Waals surface area contributed by atoms with Crippen molar-refractivity contribution >= 4 is 57.6 Å². The summed E-state index contributed by atoms with van der Waals surface area (Å²) in [7, 11) is 0. The molecule has 0 atom stereocenters. The smallest absolute Gasteiger partial charge is 0.0601 e. The number of fused-ring (bicyclic) bond motifs is 4. The fraction of sp³-hybridized carbons (Fsp3) is 0. The molecule has 52 heavy (non-hydrogen) atoms. The van der Waals surface area contributed by atoms with E-state index in [9.17, 15) is 0 Å². The number of anilines is 6. The normalized spacial score (nSPS) is 12.8. The van der Waals surface area contributed by atoms with Crippen LogP contribution in [-0.4, -0.2) is 9.97 Å². The van der Waals surface area contributed by atoms with Gasteiger partial charge in [0.1, 0.15) is 0 Å². The number of hydrogen-bond donors (Lipinski definition) is 0. The monoisotopic (exact) mass is 702 g/mol. The highest BCUT2D eigenvalue weighted by atomic mass is 32.2. The van der Waals surface area contributed by atoms with Gasteiger partial charge in [-0.25, -0.2) is 0 Å². The second-order valence-electron chi connectivity index (χ2n) is 12.7. The average Bonchev–Trinajstić information content (AvgIpc) is 3.22. The van der Waals surface area contributed by atoms with E-state index in [1.807, 2.05) is 48.3 Å². The van der Waals surface area contributed by atoms with E-state index in [-0.39, 0.29) is 0 Å². The molecule has 4 heterocycles. The second-order valence-corrected chi connectivity index (χ2v) is 14.8. The van der Waals surface area contributed by atoms with Crippen molar-refractivity contribution in [3.05, 3.63) is 183 Å². The Balaban J connectivity index is 1.01. The maximum atomic E-state index is 4.59. The van der Waals surface area contributed by atoms with Crippen LogP contribution in [0.4, 0.5) is 34.1 Å². The predicted molar refractivity (Wildman–Crippen MR) is 216 cm³/mol. The SMILES string of the molecule is c1ccc2c(c1)Sc1ccccc1N2c1ccc(-c2cnccc2-c2ccncc2-c2ccc(N3c4ccccc4Sc4ccccc43)cc2)cc1. The molecule has 8 aromatic rings. The van der Waals surface area contributed by atoms with Crippen LogP contribution in [0.2, 0.25) is 0 Å². The van der Waals surface area contributed by atoms with Gasteiger partial charge >= 0.3 is 0 Å². The van der Waals surface area contributed by atoms with Gasteiger partial charge in [0.05, 0.1) is 22.7 Å². The van der Waals surface area contributed by atoms with E-state index in [1.165, 1.54) is 42.3 Å². The molecule has 0 aliphatic carbocycles. The molecule has 0 amide bonds. The lowest BCUT2D eigenvalue weighted by Gasteiger charge is -2.33. The van der Waals surface area contributed by atoms with E-state index in [0.29, 0.717) is 0 Å². The van der Waals surface area contributed by atoms with Crippen LogP contribution in [0, 0.1) is 0 Å². The molecule has 0 saturated carbocycles. The van der Waals surface area contributed by atoms with E-state index in [2.05, 4.69) is 177 Å². The van der Waals surface area contributed by atoms with E-state index in [0.717, 1.165) is 44.8 Å². The Hall–Kier alpha value is -6.08. The molecular formula is C46H30N4S2. The van der Waals surface area contributed by atoms with Crippen LogP contribution < -0.4 is 9.80 Å². The number of para-hydroxylation sites is 4. The molecule has 10 rings (SSSR count). The summed E-state index contributed by atoms with van der Waals surface area (Å²) < 4.78 is 0. The summed E-state index contributed by atoms with van der Waals surface area (Å²) in [5.41, 5.74) is 13.6. The van der Waals surface area contributed by atoms with Crippen molar-refractivity contribution in [3.8, 4) is 33.4 Å². The Kier molecular flexibility index (Phi) is 7.63. The summed E-state index contributed by atoms with van der Waals surface area (Å²) in [6.07, 6.45) is 7.71. The number of rotatable bonds is 5. The molecule has 2 aliphatic rings. The molecule has 0 saturated heterocycles. The minimum Gasteiger partial charge on any atom is -0.308 e. The van der Waals surface area contributed by atoms with Gasteiger partial charge in [0.15, 0.2) is 0 Å². The van der Waals surface area contributed by atoms with Crippen LogP contribution in [0.3, 0.4) is 0 Å². The van der Waals surface area contributed by atoms with E-state index < -0.39 is 0 Å². The van der Waals surface area contributed by atoms with Crippen molar-refractivity contribution in [2.24, 2.45) is 0 Å². The zero-order valence-corrected chi connectivity index (χ0v) is 29.6. The lowest BCUT2D eigenvalue weighted by Crippen LogP contribution is -2.14. The maximum Gasteiger partial charge on any atom is 0.0601 e. The van der Waals surface area contributed by atoms with Crippen molar-refractivity contribution in [1.29, 1.82) is 0 Å². The molecule has 0 radical (unpaired) electrons. The van der Waals surface area contributed by atoms with Gasteiger partial charge < -0.3 is 9.80 Å². The van der Waals surface area contributed by atoms with E-state index in [1.54, 1.807) is 0 Å². The predicted octanol–water partition coefficient (Wildman–Crippen LogP) is 13.3. The van der Waals surface area contributed by atoms with Crippen LogP contribution in [0.15, 0.2) is 202 Å². The topological polar surface area (TPSA) is 32.3 Å². The average molecular weight is 703 g/mol. The number of nitrogens with zero attached hydrogens (tertiary/aromatic N) is 4. The third kappa shape index (κ3) is 5.27. The number of pyridine rings is 2. The largest absolute Gasteiger partial charge is 0.308 e.